The number of hydrogen-bond donors (Lipinski definition) is 1. The Balaban J connectivity index is 1.49. The standard InChI is InChI=1S/C21H31N3O4S/c1-23-15-17(21(26)24-12-5-6-13-24)9-10-18(16-23)22-20(25)11-14-29(27,28)19-7-3-2-4-8-19/h2-4,7-8,17-18H,5-6,9-16H2,1H3,(H,22,25)/t17-,18+/m1/s1. The van der Waals surface area contributed by atoms with E-state index in [1.165, 1.54) is 0 Å². The van der Waals surface area contributed by atoms with Crippen molar-refractivity contribution in [3.63, 3.8) is 0 Å². The zero-order valence-corrected chi connectivity index (χ0v) is 17.9. The lowest BCUT2D eigenvalue weighted by atomic mass is 10.0. The molecule has 1 N–H and O–H groups in total. The van der Waals surface area contributed by atoms with Crippen molar-refractivity contribution >= 4 is 21.7 Å². The molecule has 160 valence electrons. The maximum absolute atomic E-state index is 12.7. The van der Waals surface area contributed by atoms with E-state index in [0.29, 0.717) is 13.1 Å². The number of benzene rings is 1. The van der Waals surface area contributed by atoms with Crippen LogP contribution in [0, 0.1) is 5.92 Å². The van der Waals surface area contributed by atoms with E-state index in [0.717, 1.165) is 38.8 Å². The van der Waals surface area contributed by atoms with E-state index >= 15 is 0 Å². The van der Waals surface area contributed by atoms with E-state index in [1.807, 2.05) is 11.9 Å². The zero-order valence-electron chi connectivity index (χ0n) is 17.0. The van der Waals surface area contributed by atoms with Crippen LogP contribution in [-0.2, 0) is 19.4 Å². The highest BCUT2D eigenvalue weighted by Gasteiger charge is 2.31. The van der Waals surface area contributed by atoms with Gasteiger partial charge in [-0.2, -0.15) is 0 Å². The molecule has 2 atom stereocenters. The number of rotatable bonds is 6. The van der Waals surface area contributed by atoms with Gasteiger partial charge in [0.15, 0.2) is 9.84 Å². The molecule has 2 saturated heterocycles. The highest BCUT2D eigenvalue weighted by Crippen LogP contribution is 2.21. The van der Waals surface area contributed by atoms with Gasteiger partial charge in [-0.1, -0.05) is 18.2 Å². The third-order valence-electron chi connectivity index (χ3n) is 5.76. The molecule has 2 aliphatic rings. The fourth-order valence-electron chi connectivity index (χ4n) is 4.20. The van der Waals surface area contributed by atoms with E-state index in [1.54, 1.807) is 30.3 Å². The summed E-state index contributed by atoms with van der Waals surface area (Å²) in [7, 11) is -1.50. The molecule has 0 bridgehead atoms. The minimum atomic E-state index is -3.47. The molecule has 0 aliphatic carbocycles. The third kappa shape index (κ3) is 6.02. The van der Waals surface area contributed by atoms with Crippen molar-refractivity contribution in [2.45, 2.75) is 43.0 Å². The van der Waals surface area contributed by atoms with Gasteiger partial charge in [-0.15, -0.1) is 0 Å². The highest BCUT2D eigenvalue weighted by atomic mass is 32.2. The average Bonchev–Trinajstić information content (AvgIpc) is 3.18. The SMILES string of the molecule is CN1C[C@@H](NC(=O)CCS(=O)(=O)c2ccccc2)CC[C@@H](C(=O)N2CCCC2)C1. The van der Waals surface area contributed by atoms with E-state index < -0.39 is 9.84 Å². The second-order valence-corrected chi connectivity index (χ2v) is 10.3. The van der Waals surface area contributed by atoms with Crippen LogP contribution >= 0.6 is 0 Å². The summed E-state index contributed by atoms with van der Waals surface area (Å²) in [5, 5.41) is 2.97. The quantitative estimate of drug-likeness (QED) is 0.748. The third-order valence-corrected chi connectivity index (χ3v) is 7.49. The number of nitrogens with one attached hydrogen (secondary N) is 1. The maximum atomic E-state index is 12.7. The Morgan fingerprint density at radius 3 is 2.45 bits per heavy atom. The molecule has 2 aliphatic heterocycles. The summed E-state index contributed by atoms with van der Waals surface area (Å²) in [6.45, 7) is 3.08. The molecule has 2 amide bonds. The normalized spacial score (nSPS) is 23.6. The largest absolute Gasteiger partial charge is 0.352 e. The molecular weight excluding hydrogens is 390 g/mol. The zero-order chi connectivity index (χ0) is 20.9. The molecule has 1 aromatic carbocycles. The second-order valence-electron chi connectivity index (χ2n) is 8.17. The Hall–Kier alpha value is -1.93. The average molecular weight is 422 g/mol. The van der Waals surface area contributed by atoms with Gasteiger partial charge in [0.1, 0.15) is 0 Å². The summed E-state index contributed by atoms with van der Waals surface area (Å²) in [6.07, 6.45) is 3.57. The molecular formula is C21H31N3O4S. The molecule has 29 heavy (non-hydrogen) atoms. The first-order valence-electron chi connectivity index (χ1n) is 10.4. The molecule has 0 saturated carbocycles. The first-order chi connectivity index (χ1) is 13.8. The molecule has 0 unspecified atom stereocenters. The lowest BCUT2D eigenvalue weighted by molar-refractivity contribution is -0.135. The summed E-state index contributed by atoms with van der Waals surface area (Å²) in [5.41, 5.74) is 0. The fourth-order valence-corrected chi connectivity index (χ4v) is 5.46. The monoisotopic (exact) mass is 421 g/mol. The van der Waals surface area contributed by atoms with Crippen LogP contribution in [0.4, 0.5) is 0 Å². The van der Waals surface area contributed by atoms with Crippen molar-refractivity contribution in [1.82, 2.24) is 15.1 Å². The van der Waals surface area contributed by atoms with Crippen LogP contribution in [0.2, 0.25) is 0 Å². The summed E-state index contributed by atoms with van der Waals surface area (Å²) < 4.78 is 24.7. The Morgan fingerprint density at radius 2 is 1.76 bits per heavy atom. The molecule has 2 fully saturated rings. The Bertz CT molecular complexity index is 806. The second kappa shape index (κ2) is 9.71. The lowest BCUT2D eigenvalue weighted by Gasteiger charge is -2.24. The van der Waals surface area contributed by atoms with Gasteiger partial charge in [-0.05, 0) is 44.9 Å². The van der Waals surface area contributed by atoms with Crippen molar-refractivity contribution in [2.24, 2.45) is 5.92 Å². The van der Waals surface area contributed by atoms with Crippen molar-refractivity contribution in [2.75, 3.05) is 39.0 Å². The van der Waals surface area contributed by atoms with E-state index in [2.05, 4.69) is 10.2 Å². The van der Waals surface area contributed by atoms with Crippen molar-refractivity contribution in [3.8, 4) is 0 Å². The van der Waals surface area contributed by atoms with Crippen molar-refractivity contribution in [3.05, 3.63) is 30.3 Å². The number of hydrogen-bond acceptors (Lipinski definition) is 5. The number of sulfone groups is 1. The molecule has 1 aromatic rings. The molecule has 0 aromatic heterocycles. The van der Waals surface area contributed by atoms with E-state index in [9.17, 15) is 18.0 Å². The van der Waals surface area contributed by atoms with Crippen LogP contribution in [0.5, 0.6) is 0 Å². The van der Waals surface area contributed by atoms with Crippen LogP contribution < -0.4 is 5.32 Å². The molecule has 8 heteroatoms. The van der Waals surface area contributed by atoms with Crippen LogP contribution in [0.1, 0.15) is 32.1 Å². The number of amides is 2. The summed E-state index contributed by atoms with van der Waals surface area (Å²) in [4.78, 5) is 29.4. The smallest absolute Gasteiger partial charge is 0.226 e. The first kappa shape index (κ1) is 21.8. The molecule has 3 rings (SSSR count). The minimum Gasteiger partial charge on any atom is -0.352 e. The molecule has 0 spiro atoms. The fraction of sp³-hybridized carbons (Fsp3) is 0.619. The molecule has 7 nitrogen and oxygen atoms in total. The number of likely N-dealkylation sites (N-methyl/N-ethyl adjacent to an activating group) is 1. The highest BCUT2D eigenvalue weighted by molar-refractivity contribution is 7.91. The predicted molar refractivity (Wildman–Crippen MR) is 111 cm³/mol. The summed E-state index contributed by atoms with van der Waals surface area (Å²) >= 11 is 0. The number of carbonyl (C=O) groups excluding carboxylic acids is 2. The minimum absolute atomic E-state index is 0.0292. The Kier molecular flexibility index (Phi) is 7.29. The van der Waals surface area contributed by atoms with E-state index in [-0.39, 0.29) is 40.8 Å². The number of nitrogens with zero attached hydrogens (tertiary/aromatic N) is 2. The number of carbonyl (C=O) groups is 2. The van der Waals surface area contributed by atoms with Crippen molar-refractivity contribution < 1.29 is 18.0 Å². The van der Waals surface area contributed by atoms with Gasteiger partial charge in [-0.3, -0.25) is 9.59 Å². The van der Waals surface area contributed by atoms with Crippen molar-refractivity contribution in [1.29, 1.82) is 0 Å². The lowest BCUT2D eigenvalue weighted by Crippen LogP contribution is -2.42. The maximum Gasteiger partial charge on any atom is 0.226 e. The van der Waals surface area contributed by atoms with Crippen LogP contribution in [0.3, 0.4) is 0 Å². The summed E-state index contributed by atoms with van der Waals surface area (Å²) in [6, 6.07) is 8.14. The topological polar surface area (TPSA) is 86.8 Å². The molecule has 0 radical (unpaired) electrons. The van der Waals surface area contributed by atoms with Crippen LogP contribution in [0.25, 0.3) is 0 Å². The van der Waals surface area contributed by atoms with Gasteiger partial charge in [-0.25, -0.2) is 8.42 Å². The van der Waals surface area contributed by atoms with Gasteiger partial charge < -0.3 is 15.1 Å². The Labute approximate surface area is 173 Å². The van der Waals surface area contributed by atoms with Gasteiger partial charge in [0, 0.05) is 38.6 Å². The Morgan fingerprint density at radius 1 is 1.07 bits per heavy atom. The summed E-state index contributed by atoms with van der Waals surface area (Å²) in [5.74, 6) is -0.262. The first-order valence-corrected chi connectivity index (χ1v) is 12.0. The van der Waals surface area contributed by atoms with Gasteiger partial charge >= 0.3 is 0 Å². The predicted octanol–water partition coefficient (Wildman–Crippen LogP) is 1.30. The molecule has 2 heterocycles. The van der Waals surface area contributed by atoms with Gasteiger partial charge in [0.05, 0.1) is 16.6 Å². The van der Waals surface area contributed by atoms with Gasteiger partial charge in [0.25, 0.3) is 0 Å². The van der Waals surface area contributed by atoms with Crippen LogP contribution in [0.15, 0.2) is 35.2 Å². The van der Waals surface area contributed by atoms with Crippen LogP contribution in [-0.4, -0.2) is 75.1 Å². The van der Waals surface area contributed by atoms with E-state index in [4.69, 9.17) is 0 Å². The number of likely N-dealkylation sites (tertiary alicyclic amines) is 2. The van der Waals surface area contributed by atoms with Gasteiger partial charge in [0.2, 0.25) is 11.8 Å².